The first-order chi connectivity index (χ1) is 4.95. The van der Waals surface area contributed by atoms with Crippen LogP contribution in [-0.2, 0) is 21.8 Å². The number of carbonyl (C=O) groups excluding carboxylic acids is 1. The van der Waals surface area contributed by atoms with Crippen LogP contribution in [0.15, 0.2) is 17.1 Å². The van der Waals surface area contributed by atoms with Gasteiger partial charge in [-0.2, -0.15) is 0 Å². The molecule has 0 heterocycles. The average Bonchev–Trinajstić information content (AvgIpc) is 1.84. The van der Waals surface area contributed by atoms with Crippen molar-refractivity contribution < 1.29 is 23.1 Å². The van der Waals surface area contributed by atoms with Gasteiger partial charge in [0, 0.05) is 0 Å². The van der Waals surface area contributed by atoms with Crippen molar-refractivity contribution in [1.29, 1.82) is 0 Å². The topological polar surface area (TPSA) is 55.4 Å². The molecule has 0 aromatic carbocycles. The van der Waals surface area contributed by atoms with Crippen molar-refractivity contribution in [2.75, 3.05) is 0 Å². The van der Waals surface area contributed by atoms with Crippen LogP contribution in [0.2, 0.25) is 0 Å². The van der Waals surface area contributed by atoms with Crippen LogP contribution in [0, 0.1) is 0 Å². The first-order valence-electron chi connectivity index (χ1n) is 3.02. The van der Waals surface area contributed by atoms with Crippen molar-refractivity contribution in [2.24, 2.45) is 10.7 Å². The van der Waals surface area contributed by atoms with E-state index in [1.807, 2.05) is 0 Å². The summed E-state index contributed by atoms with van der Waals surface area (Å²) < 4.78 is 7.79. The van der Waals surface area contributed by atoms with Gasteiger partial charge in [0.05, 0.1) is 0 Å². The van der Waals surface area contributed by atoms with Crippen LogP contribution in [-0.4, -0.2) is 16.4 Å². The Hall–Kier alpha value is -0.666. The molecule has 1 amide bonds. The second-order valence-corrected chi connectivity index (χ2v) is 2.62. The molecule has 0 aromatic heterocycles. The molecule has 53 valence electrons. The van der Waals surface area contributed by atoms with Gasteiger partial charge < -0.3 is 0 Å². The summed E-state index contributed by atoms with van der Waals surface area (Å²) in [4.78, 5) is 14.1. The van der Waals surface area contributed by atoms with Crippen molar-refractivity contribution in [3.63, 3.8) is 0 Å². The molecule has 0 aliphatic heterocycles. The van der Waals surface area contributed by atoms with Gasteiger partial charge in [0.1, 0.15) is 0 Å². The maximum atomic E-state index is 10.4. The molecular weight excluding hydrogens is 167 g/mol. The molecule has 0 rings (SSSR count). The summed E-state index contributed by atoms with van der Waals surface area (Å²) in [5.74, 6) is -0.715. The Morgan fingerprint density at radius 2 is 2.50 bits per heavy atom. The molecule has 0 spiro atoms. The van der Waals surface area contributed by atoms with E-state index in [-0.39, 0.29) is 11.8 Å². The number of amides is 1. The van der Waals surface area contributed by atoms with Gasteiger partial charge in [-0.1, -0.05) is 0 Å². The number of hydrogen-bond donors (Lipinski definition) is 1. The van der Waals surface area contributed by atoms with E-state index in [1.165, 1.54) is 0 Å². The molecule has 0 aliphatic carbocycles. The van der Waals surface area contributed by atoms with E-state index < -0.39 is 5.91 Å². The molecule has 0 unspecified atom stereocenters. The fourth-order valence-electron chi connectivity index (χ4n) is 0.203. The van der Waals surface area contributed by atoms with Crippen LogP contribution in [0.25, 0.3) is 0 Å². The molecule has 0 saturated carbocycles. The molecule has 0 radical (unpaired) electrons. The minimum absolute atomic E-state index is 0.0737. The van der Waals surface area contributed by atoms with Crippen molar-refractivity contribution in [3.05, 3.63) is 12.2 Å². The molecular formula is C6H8N2OV. The molecule has 2 N–H and O–H groups in total. The van der Waals surface area contributed by atoms with E-state index in [4.69, 9.17) is 7.10 Å². The summed E-state index contributed by atoms with van der Waals surface area (Å²) in [5.41, 5.74) is 4.79. The van der Waals surface area contributed by atoms with Crippen molar-refractivity contribution in [2.45, 2.75) is 6.92 Å². The Balaban J connectivity index is 4.49. The number of primary amides is 1. The van der Waals surface area contributed by atoms with Gasteiger partial charge in [-0.25, -0.2) is 0 Å². The van der Waals surface area contributed by atoms with Crippen LogP contribution >= 0.6 is 0 Å². The molecule has 3 nitrogen and oxygen atoms in total. The van der Waals surface area contributed by atoms with E-state index in [1.54, 1.807) is 6.92 Å². The second kappa shape index (κ2) is 4.20. The zero-order valence-corrected chi connectivity index (χ0v) is 6.98. The third-order valence-electron chi connectivity index (χ3n) is 0.650. The van der Waals surface area contributed by atoms with E-state index in [0.29, 0.717) is 4.35 Å². The van der Waals surface area contributed by atoms with E-state index in [2.05, 4.69) is 28.6 Å². The van der Waals surface area contributed by atoms with Gasteiger partial charge in [-0.05, 0) is 0 Å². The molecule has 0 atom stereocenters. The Labute approximate surface area is 69.9 Å². The zero-order chi connectivity index (χ0) is 9.02. The summed E-state index contributed by atoms with van der Waals surface area (Å²) in [6.45, 7) is 4.99. The van der Waals surface area contributed by atoms with E-state index in [0.717, 1.165) is 0 Å². The first kappa shape index (κ1) is 7.44. The van der Waals surface area contributed by atoms with Crippen LogP contribution in [0.5, 0.6) is 0 Å². The predicted molar refractivity (Wildman–Crippen MR) is 37.5 cm³/mol. The van der Waals surface area contributed by atoms with Crippen molar-refractivity contribution in [1.82, 2.24) is 0 Å². The second-order valence-electron chi connectivity index (χ2n) is 1.61. The Bertz CT molecular complexity index is 247. The summed E-state index contributed by atoms with van der Waals surface area (Å²) in [6.07, 6.45) is -0.185. The van der Waals surface area contributed by atoms with Gasteiger partial charge in [-0.3, -0.25) is 0 Å². The third kappa shape index (κ3) is 4.24. The molecule has 0 aromatic rings. The number of aliphatic imine (C=N–C) groups is 1. The molecule has 0 fully saturated rings. The summed E-state index contributed by atoms with van der Waals surface area (Å²) in [7, 11) is 0. The van der Waals surface area contributed by atoms with E-state index >= 15 is 0 Å². The number of nitrogens with two attached hydrogens (primary N) is 1. The Morgan fingerprint density at radius 3 is 2.80 bits per heavy atom. The van der Waals surface area contributed by atoms with Gasteiger partial charge in [-0.15, -0.1) is 0 Å². The number of hydrogen-bond acceptors (Lipinski definition) is 2. The molecule has 0 aliphatic rings. The monoisotopic (exact) mass is 176 g/mol. The predicted octanol–water partition coefficient (Wildman–Crippen LogP) is -0.205. The fraction of sp³-hybridized carbons (Fsp3) is 0.167. The van der Waals surface area contributed by atoms with Crippen LogP contribution in [0.3, 0.4) is 0 Å². The standard InChI is InChI=1S/C6H8N2O.V/c1-3-8-4-5(2)6(7)9;/h4H,2H2,1H3,(H2,7,9);/i4D;. The normalized spacial score (nSPS) is 12.0. The molecule has 10 heavy (non-hydrogen) atoms. The fourth-order valence-corrected chi connectivity index (χ4v) is 0.282. The summed E-state index contributed by atoms with van der Waals surface area (Å²) >= 11 is 2.15. The molecule has 0 saturated heterocycles. The van der Waals surface area contributed by atoms with Gasteiger partial charge in [0.25, 0.3) is 0 Å². The van der Waals surface area contributed by atoms with Crippen molar-refractivity contribution in [3.8, 4) is 0 Å². The number of carbonyl (C=O) groups is 1. The van der Waals surface area contributed by atoms with Crippen molar-refractivity contribution >= 4 is 16.4 Å². The van der Waals surface area contributed by atoms with Gasteiger partial charge >= 0.3 is 69.4 Å². The quantitative estimate of drug-likeness (QED) is 0.469. The van der Waals surface area contributed by atoms with Crippen LogP contribution < -0.4 is 5.73 Å². The maximum absolute atomic E-state index is 10.4. The van der Waals surface area contributed by atoms with Crippen LogP contribution in [0.4, 0.5) is 0 Å². The zero-order valence-electron chi connectivity index (χ0n) is 6.59. The van der Waals surface area contributed by atoms with Crippen LogP contribution in [0.1, 0.15) is 8.29 Å². The molecule has 4 heteroatoms. The minimum atomic E-state index is -0.715. The Morgan fingerprint density at radius 1 is 2.00 bits per heavy atom. The summed E-state index contributed by atoms with van der Waals surface area (Å²) in [6, 6.07) is 0. The van der Waals surface area contributed by atoms with Gasteiger partial charge in [0.15, 0.2) is 0 Å². The molecule has 0 bridgehead atoms. The van der Waals surface area contributed by atoms with E-state index in [9.17, 15) is 4.79 Å². The third-order valence-corrected chi connectivity index (χ3v) is 0.806. The first-order valence-corrected chi connectivity index (χ1v) is 3.22. The average molecular weight is 176 g/mol. The summed E-state index contributed by atoms with van der Waals surface area (Å²) in [5, 5.41) is 0. The number of rotatable bonds is 3. The Kier molecular flexibility index (Phi) is 3.12. The van der Waals surface area contributed by atoms with Gasteiger partial charge in [0.2, 0.25) is 0 Å². The SMILES string of the molecule is [2H]C(=N[C](C)=[V])C(=C)C(N)=O. The number of nitrogens with zero attached hydrogens (tertiary/aromatic N) is 1.